The van der Waals surface area contributed by atoms with Crippen LogP contribution in [0.1, 0.15) is 17.2 Å². The molecule has 2 rings (SSSR count). The summed E-state index contributed by atoms with van der Waals surface area (Å²) in [5.74, 6) is -0.673. The predicted molar refractivity (Wildman–Crippen MR) is 81.0 cm³/mol. The van der Waals surface area contributed by atoms with E-state index < -0.39 is 0 Å². The summed E-state index contributed by atoms with van der Waals surface area (Å²) in [4.78, 5) is 0. The summed E-state index contributed by atoms with van der Waals surface area (Å²) in [6.07, 6.45) is 0.547. The van der Waals surface area contributed by atoms with Crippen molar-refractivity contribution in [1.82, 2.24) is 5.32 Å². The highest BCUT2D eigenvalue weighted by atomic mass is 79.9. The molecule has 0 fully saturated rings. The molecule has 106 valence electrons. The molecule has 1 N–H and O–H groups in total. The van der Waals surface area contributed by atoms with Gasteiger partial charge in [-0.2, -0.15) is 0 Å². The normalized spacial score (nSPS) is 12.4. The second-order valence-electron chi connectivity index (χ2n) is 4.48. The van der Waals surface area contributed by atoms with Gasteiger partial charge >= 0.3 is 0 Å². The number of hydrogen-bond donors (Lipinski definition) is 1. The fourth-order valence-corrected chi connectivity index (χ4v) is 2.80. The van der Waals surface area contributed by atoms with E-state index in [4.69, 9.17) is 11.6 Å². The molecule has 5 heteroatoms. The summed E-state index contributed by atoms with van der Waals surface area (Å²) in [6.45, 7) is 0. The second kappa shape index (κ2) is 6.66. The van der Waals surface area contributed by atoms with E-state index in [1.165, 1.54) is 24.3 Å². The van der Waals surface area contributed by atoms with Crippen molar-refractivity contribution in [1.29, 1.82) is 0 Å². The van der Waals surface area contributed by atoms with Gasteiger partial charge in [-0.3, -0.25) is 0 Å². The first kappa shape index (κ1) is 15.4. The lowest BCUT2D eigenvalue weighted by molar-refractivity contribution is 0.575. The molecule has 2 aromatic carbocycles. The summed E-state index contributed by atoms with van der Waals surface area (Å²) < 4.78 is 27.2. The molecule has 0 aliphatic carbocycles. The Hall–Kier alpha value is -0.970. The van der Waals surface area contributed by atoms with Crippen LogP contribution in [-0.4, -0.2) is 7.05 Å². The van der Waals surface area contributed by atoms with E-state index in [2.05, 4.69) is 21.2 Å². The van der Waals surface area contributed by atoms with E-state index in [1.807, 2.05) is 6.07 Å². The second-order valence-corrected chi connectivity index (χ2v) is 5.81. The molecule has 0 aliphatic heterocycles. The van der Waals surface area contributed by atoms with E-state index in [1.54, 1.807) is 13.1 Å². The zero-order valence-corrected chi connectivity index (χ0v) is 13.1. The van der Waals surface area contributed by atoms with Gasteiger partial charge in [0.2, 0.25) is 0 Å². The van der Waals surface area contributed by atoms with E-state index in [0.29, 0.717) is 15.9 Å². The molecular formula is C15H13BrClF2N. The third-order valence-corrected chi connectivity index (χ3v) is 3.88. The molecule has 0 amide bonds. The smallest absolute Gasteiger partial charge is 0.124 e. The lowest BCUT2D eigenvalue weighted by atomic mass is 9.99. The third kappa shape index (κ3) is 3.78. The molecule has 0 radical (unpaired) electrons. The maximum absolute atomic E-state index is 13.5. The Balaban J connectivity index is 2.28. The van der Waals surface area contributed by atoms with E-state index in [-0.39, 0.29) is 17.7 Å². The van der Waals surface area contributed by atoms with Crippen LogP contribution in [0.4, 0.5) is 8.78 Å². The lowest BCUT2D eigenvalue weighted by Crippen LogP contribution is -2.19. The molecule has 0 saturated carbocycles. The Morgan fingerprint density at radius 1 is 1.15 bits per heavy atom. The molecule has 1 nitrogen and oxygen atoms in total. The monoisotopic (exact) mass is 359 g/mol. The molecule has 0 spiro atoms. The van der Waals surface area contributed by atoms with Crippen LogP contribution in [0.2, 0.25) is 5.02 Å². The van der Waals surface area contributed by atoms with Crippen LogP contribution in [0.25, 0.3) is 0 Å². The highest BCUT2D eigenvalue weighted by molar-refractivity contribution is 9.10. The Morgan fingerprint density at radius 3 is 2.50 bits per heavy atom. The predicted octanol–water partition coefficient (Wildman–Crippen LogP) is 4.88. The zero-order valence-electron chi connectivity index (χ0n) is 10.8. The van der Waals surface area contributed by atoms with E-state index in [9.17, 15) is 8.78 Å². The molecule has 2 aromatic rings. The molecule has 0 bridgehead atoms. The number of rotatable bonds is 4. The summed E-state index contributed by atoms with van der Waals surface area (Å²) in [6, 6.07) is 8.92. The Morgan fingerprint density at radius 2 is 1.90 bits per heavy atom. The van der Waals surface area contributed by atoms with Crippen molar-refractivity contribution in [2.24, 2.45) is 0 Å². The van der Waals surface area contributed by atoms with Gasteiger partial charge < -0.3 is 5.32 Å². The summed E-state index contributed by atoms with van der Waals surface area (Å²) >= 11 is 9.31. The van der Waals surface area contributed by atoms with Crippen molar-refractivity contribution in [3.05, 3.63) is 68.7 Å². The minimum Gasteiger partial charge on any atom is -0.313 e. The number of likely N-dealkylation sites (N-methyl/N-ethyl adjacent to an activating group) is 1. The van der Waals surface area contributed by atoms with Gasteiger partial charge in [-0.25, -0.2) is 8.78 Å². The van der Waals surface area contributed by atoms with Crippen LogP contribution in [0.15, 0.2) is 40.9 Å². The summed E-state index contributed by atoms with van der Waals surface area (Å²) in [5.41, 5.74) is 1.62. The fourth-order valence-electron chi connectivity index (χ4n) is 2.07. The molecule has 0 aliphatic rings. The van der Waals surface area contributed by atoms with Gasteiger partial charge in [0.1, 0.15) is 11.6 Å². The molecule has 0 saturated heterocycles. The number of halogens is 4. The maximum Gasteiger partial charge on any atom is 0.124 e. The van der Waals surface area contributed by atoms with E-state index in [0.717, 1.165) is 11.1 Å². The third-order valence-electron chi connectivity index (χ3n) is 3.07. The minimum absolute atomic E-state index is 0.107. The SMILES string of the molecule is CNC(Cc1ccc(F)cc1Cl)c1cc(F)cc(Br)c1. The minimum atomic E-state index is -0.367. The van der Waals surface area contributed by atoms with Crippen molar-refractivity contribution in [2.75, 3.05) is 7.05 Å². The van der Waals surface area contributed by atoms with Crippen LogP contribution in [0, 0.1) is 11.6 Å². The highest BCUT2D eigenvalue weighted by Gasteiger charge is 2.14. The van der Waals surface area contributed by atoms with Crippen molar-refractivity contribution in [3.8, 4) is 0 Å². The summed E-state index contributed by atoms with van der Waals surface area (Å²) in [7, 11) is 1.79. The van der Waals surface area contributed by atoms with Crippen LogP contribution in [-0.2, 0) is 6.42 Å². The molecule has 0 aromatic heterocycles. The highest BCUT2D eigenvalue weighted by Crippen LogP contribution is 2.26. The van der Waals surface area contributed by atoms with Gasteiger partial charge in [0, 0.05) is 15.5 Å². The van der Waals surface area contributed by atoms with Crippen molar-refractivity contribution in [3.63, 3.8) is 0 Å². The van der Waals surface area contributed by atoms with Crippen LogP contribution < -0.4 is 5.32 Å². The number of benzene rings is 2. The Kier molecular flexibility index (Phi) is 5.13. The standard InChI is InChI=1S/C15H13BrClF2N/c1-20-15(10-4-11(16)7-13(19)5-10)6-9-2-3-12(18)8-14(9)17/h2-5,7-8,15,20H,6H2,1H3. The van der Waals surface area contributed by atoms with Crippen molar-refractivity contribution < 1.29 is 8.78 Å². The Bertz CT molecular complexity index is 599. The van der Waals surface area contributed by atoms with Crippen LogP contribution >= 0.6 is 27.5 Å². The largest absolute Gasteiger partial charge is 0.313 e. The quantitative estimate of drug-likeness (QED) is 0.819. The first-order valence-electron chi connectivity index (χ1n) is 6.07. The lowest BCUT2D eigenvalue weighted by Gasteiger charge is -2.18. The summed E-state index contributed by atoms with van der Waals surface area (Å²) in [5, 5.41) is 3.50. The molecule has 1 atom stereocenters. The maximum atomic E-state index is 13.5. The first-order valence-corrected chi connectivity index (χ1v) is 7.24. The van der Waals surface area contributed by atoms with Gasteiger partial charge in [0.15, 0.2) is 0 Å². The van der Waals surface area contributed by atoms with Gasteiger partial charge in [0.05, 0.1) is 0 Å². The first-order chi connectivity index (χ1) is 9.49. The van der Waals surface area contributed by atoms with Crippen LogP contribution in [0.3, 0.4) is 0 Å². The molecule has 20 heavy (non-hydrogen) atoms. The van der Waals surface area contributed by atoms with Crippen molar-refractivity contribution >= 4 is 27.5 Å². The van der Waals surface area contributed by atoms with Crippen LogP contribution in [0.5, 0.6) is 0 Å². The van der Waals surface area contributed by atoms with Gasteiger partial charge in [0.25, 0.3) is 0 Å². The number of hydrogen-bond acceptors (Lipinski definition) is 1. The zero-order chi connectivity index (χ0) is 14.7. The number of nitrogens with one attached hydrogen (secondary N) is 1. The van der Waals surface area contributed by atoms with Gasteiger partial charge in [-0.05, 0) is 54.9 Å². The van der Waals surface area contributed by atoms with Crippen molar-refractivity contribution in [2.45, 2.75) is 12.5 Å². The topological polar surface area (TPSA) is 12.0 Å². The fraction of sp³-hybridized carbons (Fsp3) is 0.200. The Labute approximate surface area is 130 Å². The van der Waals surface area contributed by atoms with Gasteiger partial charge in [-0.1, -0.05) is 33.6 Å². The van der Waals surface area contributed by atoms with Gasteiger partial charge in [-0.15, -0.1) is 0 Å². The molecule has 0 heterocycles. The van der Waals surface area contributed by atoms with E-state index >= 15 is 0 Å². The molecule has 1 unspecified atom stereocenters. The molecular weight excluding hydrogens is 348 g/mol. The average molecular weight is 361 g/mol. The average Bonchev–Trinajstić information content (AvgIpc) is 2.36.